The highest BCUT2D eigenvalue weighted by Gasteiger charge is 2.24. The molecule has 3 nitrogen and oxygen atoms in total. The van der Waals surface area contributed by atoms with E-state index in [-0.39, 0.29) is 30.9 Å². The minimum atomic E-state index is -0.187. The zero-order valence-corrected chi connectivity index (χ0v) is 9.93. The third-order valence-corrected chi connectivity index (χ3v) is 2.55. The summed E-state index contributed by atoms with van der Waals surface area (Å²) in [5.74, 6) is 0.363. The van der Waals surface area contributed by atoms with Crippen molar-refractivity contribution in [3.05, 3.63) is 30.1 Å². The summed E-state index contributed by atoms with van der Waals surface area (Å²) in [5.41, 5.74) is 1.25. The van der Waals surface area contributed by atoms with E-state index >= 15 is 0 Å². The average Bonchev–Trinajstić information content (AvgIpc) is 2.54. The fourth-order valence-electron chi connectivity index (χ4n) is 1.75. The molecule has 2 N–H and O–H groups in total. The Labute approximate surface area is 102 Å². The van der Waals surface area contributed by atoms with Crippen LogP contribution in [-0.2, 0) is 6.42 Å². The summed E-state index contributed by atoms with van der Waals surface area (Å²) in [6.45, 7) is 1.65. The van der Waals surface area contributed by atoms with Gasteiger partial charge in [0.25, 0.3) is 0 Å². The first-order valence-corrected chi connectivity index (χ1v) is 4.64. The van der Waals surface area contributed by atoms with Gasteiger partial charge in [-0.15, -0.1) is 24.8 Å². The molecule has 5 heteroatoms. The molecule has 0 unspecified atom stereocenters. The van der Waals surface area contributed by atoms with Crippen LogP contribution in [0.5, 0.6) is 0 Å². The lowest BCUT2D eigenvalue weighted by Crippen LogP contribution is -2.19. The summed E-state index contributed by atoms with van der Waals surface area (Å²) in [5, 5.41) is 12.7. The Morgan fingerprint density at radius 3 is 2.47 bits per heavy atom. The van der Waals surface area contributed by atoms with Crippen molar-refractivity contribution in [3.63, 3.8) is 0 Å². The number of aromatic nitrogens is 1. The van der Waals surface area contributed by atoms with Crippen LogP contribution < -0.4 is 5.32 Å². The van der Waals surface area contributed by atoms with Gasteiger partial charge in [0, 0.05) is 31.4 Å². The molecule has 1 aromatic rings. The van der Waals surface area contributed by atoms with Crippen LogP contribution in [0.1, 0.15) is 5.56 Å². The second-order valence-corrected chi connectivity index (χ2v) is 3.55. The van der Waals surface area contributed by atoms with Gasteiger partial charge in [0.2, 0.25) is 0 Å². The number of hydrogen-bond donors (Lipinski definition) is 2. The van der Waals surface area contributed by atoms with Crippen molar-refractivity contribution in [1.29, 1.82) is 0 Å². The third-order valence-electron chi connectivity index (χ3n) is 2.55. The van der Waals surface area contributed by atoms with Gasteiger partial charge in [-0.1, -0.05) is 0 Å². The second-order valence-electron chi connectivity index (χ2n) is 3.55. The van der Waals surface area contributed by atoms with Gasteiger partial charge >= 0.3 is 0 Å². The number of β-amino-alcohol motifs (C(OH)–C–C–N with tert-alkyl or cyclic N) is 1. The van der Waals surface area contributed by atoms with Crippen molar-refractivity contribution < 1.29 is 5.11 Å². The lowest BCUT2D eigenvalue weighted by molar-refractivity contribution is 0.147. The Balaban J connectivity index is 0.000000980. The Hall–Kier alpha value is -0.350. The van der Waals surface area contributed by atoms with Crippen LogP contribution in [0.25, 0.3) is 0 Å². The van der Waals surface area contributed by atoms with E-state index in [1.54, 1.807) is 12.4 Å². The Morgan fingerprint density at radius 2 is 1.93 bits per heavy atom. The van der Waals surface area contributed by atoms with Gasteiger partial charge in [-0.25, -0.2) is 0 Å². The largest absolute Gasteiger partial charge is 0.391 e. The average molecular weight is 251 g/mol. The molecule has 1 aliphatic rings. The SMILES string of the molecule is Cl.Cl.O[C@@H]1CNC[C@H]1Cc1ccncc1. The number of aliphatic hydroxyl groups is 1. The molecule has 1 aromatic heterocycles. The summed E-state index contributed by atoms with van der Waals surface area (Å²) >= 11 is 0. The Kier molecular flexibility index (Phi) is 6.85. The smallest absolute Gasteiger partial charge is 0.0708 e. The standard InChI is InChI=1S/C10H14N2O.2ClH/c13-10-7-12-6-9(10)5-8-1-3-11-4-2-8;;/h1-4,9-10,12-13H,5-7H2;2*1H/t9-,10-;;/m1../s1. The molecule has 1 fully saturated rings. The molecule has 15 heavy (non-hydrogen) atoms. The van der Waals surface area contributed by atoms with Gasteiger partial charge in [-0.3, -0.25) is 4.98 Å². The quantitative estimate of drug-likeness (QED) is 0.825. The van der Waals surface area contributed by atoms with Crippen LogP contribution in [0.4, 0.5) is 0 Å². The Morgan fingerprint density at radius 1 is 1.27 bits per heavy atom. The molecular weight excluding hydrogens is 235 g/mol. The van der Waals surface area contributed by atoms with E-state index in [1.807, 2.05) is 12.1 Å². The van der Waals surface area contributed by atoms with Crippen molar-refractivity contribution >= 4 is 24.8 Å². The topological polar surface area (TPSA) is 45.1 Å². The number of aliphatic hydroxyl groups excluding tert-OH is 1. The molecule has 1 aliphatic heterocycles. The van der Waals surface area contributed by atoms with E-state index in [0.717, 1.165) is 19.5 Å². The molecule has 2 atom stereocenters. The van der Waals surface area contributed by atoms with Crippen molar-refractivity contribution in [2.75, 3.05) is 13.1 Å². The number of hydrogen-bond acceptors (Lipinski definition) is 3. The lowest BCUT2D eigenvalue weighted by atomic mass is 9.97. The van der Waals surface area contributed by atoms with Crippen molar-refractivity contribution in [2.45, 2.75) is 12.5 Å². The molecule has 1 saturated heterocycles. The van der Waals surface area contributed by atoms with Crippen LogP contribution in [0, 0.1) is 5.92 Å². The fraction of sp³-hybridized carbons (Fsp3) is 0.500. The zero-order valence-electron chi connectivity index (χ0n) is 8.30. The minimum Gasteiger partial charge on any atom is -0.391 e. The zero-order chi connectivity index (χ0) is 9.10. The minimum absolute atomic E-state index is 0. The van der Waals surface area contributed by atoms with E-state index in [0.29, 0.717) is 5.92 Å². The molecule has 86 valence electrons. The monoisotopic (exact) mass is 250 g/mol. The van der Waals surface area contributed by atoms with Gasteiger partial charge in [-0.2, -0.15) is 0 Å². The van der Waals surface area contributed by atoms with E-state index < -0.39 is 0 Å². The van der Waals surface area contributed by atoms with E-state index in [4.69, 9.17) is 0 Å². The number of rotatable bonds is 2. The molecule has 0 radical (unpaired) electrons. The van der Waals surface area contributed by atoms with Gasteiger partial charge in [0.1, 0.15) is 0 Å². The summed E-state index contributed by atoms with van der Waals surface area (Å²) in [6.07, 6.45) is 4.35. The van der Waals surface area contributed by atoms with Gasteiger partial charge in [-0.05, 0) is 24.1 Å². The van der Waals surface area contributed by atoms with Gasteiger partial charge in [0.05, 0.1) is 6.10 Å². The third kappa shape index (κ3) is 3.95. The van der Waals surface area contributed by atoms with Crippen LogP contribution in [0.15, 0.2) is 24.5 Å². The highest BCUT2D eigenvalue weighted by molar-refractivity contribution is 5.85. The first-order valence-electron chi connectivity index (χ1n) is 4.64. The maximum Gasteiger partial charge on any atom is 0.0708 e. The summed E-state index contributed by atoms with van der Waals surface area (Å²) in [7, 11) is 0. The molecular formula is C10H16Cl2N2O. The maximum atomic E-state index is 9.57. The molecule has 0 bridgehead atoms. The molecule has 2 heterocycles. The summed E-state index contributed by atoms with van der Waals surface area (Å²) in [4.78, 5) is 3.96. The van der Waals surface area contributed by atoms with Crippen LogP contribution in [-0.4, -0.2) is 29.3 Å². The molecule has 2 rings (SSSR count). The first-order chi connectivity index (χ1) is 6.36. The molecule has 0 aromatic carbocycles. The number of halogens is 2. The lowest BCUT2D eigenvalue weighted by Gasteiger charge is -2.12. The highest BCUT2D eigenvalue weighted by Crippen LogP contribution is 2.14. The van der Waals surface area contributed by atoms with Gasteiger partial charge in [0.15, 0.2) is 0 Å². The second kappa shape index (κ2) is 7.01. The molecule has 0 spiro atoms. The van der Waals surface area contributed by atoms with Crippen LogP contribution in [0.3, 0.4) is 0 Å². The number of nitrogens with zero attached hydrogens (tertiary/aromatic N) is 1. The van der Waals surface area contributed by atoms with E-state index in [1.165, 1.54) is 5.56 Å². The summed E-state index contributed by atoms with van der Waals surface area (Å²) < 4.78 is 0. The predicted molar refractivity (Wildman–Crippen MR) is 64.8 cm³/mol. The van der Waals surface area contributed by atoms with Gasteiger partial charge < -0.3 is 10.4 Å². The van der Waals surface area contributed by atoms with E-state index in [2.05, 4.69) is 10.3 Å². The molecule has 0 saturated carbocycles. The number of pyridine rings is 1. The van der Waals surface area contributed by atoms with Crippen molar-refractivity contribution in [1.82, 2.24) is 10.3 Å². The fourth-order valence-corrected chi connectivity index (χ4v) is 1.75. The normalized spacial score (nSPS) is 24.1. The van der Waals surface area contributed by atoms with Crippen molar-refractivity contribution in [2.24, 2.45) is 5.92 Å². The number of nitrogens with one attached hydrogen (secondary N) is 1. The Bertz CT molecular complexity index is 271. The maximum absolute atomic E-state index is 9.57. The molecule has 0 aliphatic carbocycles. The van der Waals surface area contributed by atoms with Crippen LogP contribution >= 0.6 is 24.8 Å². The summed E-state index contributed by atoms with van der Waals surface area (Å²) in [6, 6.07) is 4.01. The highest BCUT2D eigenvalue weighted by atomic mass is 35.5. The first kappa shape index (κ1) is 14.6. The van der Waals surface area contributed by atoms with E-state index in [9.17, 15) is 5.11 Å². The van der Waals surface area contributed by atoms with Crippen molar-refractivity contribution in [3.8, 4) is 0 Å². The van der Waals surface area contributed by atoms with Crippen LogP contribution in [0.2, 0.25) is 0 Å². The predicted octanol–water partition coefficient (Wildman–Crippen LogP) is 1.05. The molecule has 0 amide bonds.